The molecule has 4 nitrogen and oxygen atoms in total. The van der Waals surface area contributed by atoms with Gasteiger partial charge < -0.3 is 9.47 Å². The Bertz CT molecular complexity index is 393. The van der Waals surface area contributed by atoms with E-state index in [0.717, 1.165) is 5.69 Å². The van der Waals surface area contributed by atoms with Gasteiger partial charge in [-0.05, 0) is 18.1 Å². The molecule has 0 N–H and O–H groups in total. The molecule has 0 amide bonds. The summed E-state index contributed by atoms with van der Waals surface area (Å²) in [5, 5.41) is 0.301. The minimum atomic E-state index is -0.409. The van der Waals surface area contributed by atoms with Gasteiger partial charge in [0.2, 0.25) is 0 Å². The Balaban J connectivity index is 2.79. The van der Waals surface area contributed by atoms with Gasteiger partial charge in [-0.2, -0.15) is 0 Å². The van der Waals surface area contributed by atoms with Gasteiger partial charge in [-0.15, -0.1) is 0 Å². The van der Waals surface area contributed by atoms with Crippen molar-refractivity contribution in [3.05, 3.63) is 28.5 Å². The van der Waals surface area contributed by atoms with Crippen LogP contribution in [-0.2, 0) is 9.47 Å². The molecular weight excluding hydrogens is 242 g/mol. The summed E-state index contributed by atoms with van der Waals surface area (Å²) in [6.07, 6.45) is 0. The fourth-order valence-corrected chi connectivity index (χ4v) is 1.45. The molecule has 0 saturated carbocycles. The molecule has 1 aromatic rings. The van der Waals surface area contributed by atoms with Crippen LogP contribution in [0.15, 0.2) is 12.1 Å². The largest absolute Gasteiger partial charge is 0.460 e. The molecule has 5 heteroatoms. The highest BCUT2D eigenvalue weighted by atomic mass is 35.5. The molecule has 0 aliphatic rings. The summed E-state index contributed by atoms with van der Waals surface area (Å²) < 4.78 is 9.81. The predicted octanol–water partition coefficient (Wildman–Crippen LogP) is 2.66. The summed E-state index contributed by atoms with van der Waals surface area (Å²) in [4.78, 5) is 15.8. The van der Waals surface area contributed by atoms with E-state index < -0.39 is 5.97 Å². The molecular formula is C12H16ClNO3. The SMILES string of the molecule is COCCOC(=O)c1cc(Cl)nc(C(C)C)c1. The number of hydrogen-bond donors (Lipinski definition) is 0. The Kier molecular flexibility index (Phi) is 5.38. The second kappa shape index (κ2) is 6.57. The van der Waals surface area contributed by atoms with Crippen LogP contribution in [0, 0.1) is 0 Å². The van der Waals surface area contributed by atoms with Crippen molar-refractivity contribution in [1.29, 1.82) is 0 Å². The van der Waals surface area contributed by atoms with Crippen LogP contribution in [0.4, 0.5) is 0 Å². The molecule has 0 unspecified atom stereocenters. The first-order valence-electron chi connectivity index (χ1n) is 5.38. The standard InChI is InChI=1S/C12H16ClNO3/c1-8(2)10-6-9(7-11(13)14-10)12(15)17-5-4-16-3/h6-8H,4-5H2,1-3H3. The van der Waals surface area contributed by atoms with Crippen LogP contribution in [0.2, 0.25) is 5.15 Å². The molecule has 0 saturated heterocycles. The van der Waals surface area contributed by atoms with E-state index in [1.165, 1.54) is 6.07 Å². The van der Waals surface area contributed by atoms with E-state index in [0.29, 0.717) is 17.3 Å². The van der Waals surface area contributed by atoms with Crippen LogP contribution in [0.5, 0.6) is 0 Å². The van der Waals surface area contributed by atoms with E-state index in [2.05, 4.69) is 4.98 Å². The molecule has 1 heterocycles. The van der Waals surface area contributed by atoms with E-state index in [-0.39, 0.29) is 12.5 Å². The topological polar surface area (TPSA) is 48.4 Å². The van der Waals surface area contributed by atoms with Gasteiger partial charge in [0.1, 0.15) is 11.8 Å². The van der Waals surface area contributed by atoms with Gasteiger partial charge in [-0.3, -0.25) is 0 Å². The molecule has 0 bridgehead atoms. The average Bonchev–Trinajstić information content (AvgIpc) is 2.28. The zero-order valence-corrected chi connectivity index (χ0v) is 11.0. The molecule has 1 rings (SSSR count). The quantitative estimate of drug-likeness (QED) is 0.462. The number of esters is 1. The molecule has 94 valence electrons. The fraction of sp³-hybridized carbons (Fsp3) is 0.500. The molecule has 0 fully saturated rings. The van der Waals surface area contributed by atoms with Gasteiger partial charge in [0, 0.05) is 12.8 Å². The average molecular weight is 258 g/mol. The summed E-state index contributed by atoms with van der Waals surface area (Å²) in [5.41, 5.74) is 1.20. The first-order chi connectivity index (χ1) is 8.04. The minimum Gasteiger partial charge on any atom is -0.460 e. The molecule has 0 atom stereocenters. The fourth-order valence-electron chi connectivity index (χ4n) is 1.23. The molecule has 0 aromatic carbocycles. The maximum atomic E-state index is 11.7. The van der Waals surface area contributed by atoms with Gasteiger partial charge in [-0.25, -0.2) is 9.78 Å². The Labute approximate surface area is 106 Å². The van der Waals surface area contributed by atoms with E-state index in [1.807, 2.05) is 13.8 Å². The van der Waals surface area contributed by atoms with E-state index in [9.17, 15) is 4.79 Å². The summed E-state index contributed by atoms with van der Waals surface area (Å²) in [5.74, 6) is -0.201. The van der Waals surface area contributed by atoms with E-state index >= 15 is 0 Å². The molecule has 0 aliphatic carbocycles. The van der Waals surface area contributed by atoms with Gasteiger partial charge >= 0.3 is 5.97 Å². The molecule has 17 heavy (non-hydrogen) atoms. The lowest BCUT2D eigenvalue weighted by Gasteiger charge is -2.08. The number of ether oxygens (including phenoxy) is 2. The first-order valence-corrected chi connectivity index (χ1v) is 5.76. The summed E-state index contributed by atoms with van der Waals surface area (Å²) in [7, 11) is 1.55. The zero-order valence-electron chi connectivity index (χ0n) is 10.2. The Morgan fingerprint density at radius 3 is 2.71 bits per heavy atom. The number of nitrogens with zero attached hydrogens (tertiary/aromatic N) is 1. The number of carbonyl (C=O) groups excluding carboxylic acids is 1. The van der Waals surface area contributed by atoms with Crippen molar-refractivity contribution in [2.75, 3.05) is 20.3 Å². The highest BCUT2D eigenvalue weighted by Gasteiger charge is 2.12. The zero-order chi connectivity index (χ0) is 12.8. The van der Waals surface area contributed by atoms with Gasteiger partial charge in [-0.1, -0.05) is 25.4 Å². The summed E-state index contributed by atoms with van der Waals surface area (Å²) in [6.45, 7) is 4.57. The van der Waals surface area contributed by atoms with E-state index in [1.54, 1.807) is 13.2 Å². The number of hydrogen-bond acceptors (Lipinski definition) is 4. The lowest BCUT2D eigenvalue weighted by Crippen LogP contribution is -2.11. The molecule has 1 aromatic heterocycles. The second-order valence-corrected chi connectivity index (χ2v) is 4.27. The summed E-state index contributed by atoms with van der Waals surface area (Å²) in [6, 6.07) is 3.20. The lowest BCUT2D eigenvalue weighted by atomic mass is 10.1. The molecule has 0 radical (unpaired) electrons. The van der Waals surface area contributed by atoms with Crippen LogP contribution in [0.3, 0.4) is 0 Å². The van der Waals surface area contributed by atoms with Crippen molar-refractivity contribution in [3.63, 3.8) is 0 Å². The van der Waals surface area contributed by atoms with Crippen LogP contribution in [0.1, 0.15) is 35.8 Å². The molecule has 0 spiro atoms. The number of rotatable bonds is 5. The summed E-state index contributed by atoms with van der Waals surface area (Å²) >= 11 is 5.86. The van der Waals surface area contributed by atoms with Crippen molar-refractivity contribution < 1.29 is 14.3 Å². The van der Waals surface area contributed by atoms with Gasteiger partial charge in [0.15, 0.2) is 0 Å². The van der Waals surface area contributed by atoms with Gasteiger partial charge in [0.05, 0.1) is 12.2 Å². The van der Waals surface area contributed by atoms with Crippen LogP contribution in [-0.4, -0.2) is 31.3 Å². The van der Waals surface area contributed by atoms with Crippen molar-refractivity contribution >= 4 is 17.6 Å². The highest BCUT2D eigenvalue weighted by molar-refractivity contribution is 6.29. The normalized spacial score (nSPS) is 10.6. The number of methoxy groups -OCH3 is 1. The number of aromatic nitrogens is 1. The van der Waals surface area contributed by atoms with E-state index in [4.69, 9.17) is 21.1 Å². The predicted molar refractivity (Wildman–Crippen MR) is 65.5 cm³/mol. The third-order valence-electron chi connectivity index (χ3n) is 2.16. The number of pyridine rings is 1. The minimum absolute atomic E-state index is 0.208. The lowest BCUT2D eigenvalue weighted by molar-refractivity contribution is 0.0388. The second-order valence-electron chi connectivity index (χ2n) is 3.89. The third-order valence-corrected chi connectivity index (χ3v) is 2.36. The monoisotopic (exact) mass is 257 g/mol. The number of halogens is 1. The van der Waals surface area contributed by atoms with Crippen molar-refractivity contribution in [1.82, 2.24) is 4.98 Å². The van der Waals surface area contributed by atoms with Crippen LogP contribution < -0.4 is 0 Å². The smallest absolute Gasteiger partial charge is 0.338 e. The van der Waals surface area contributed by atoms with Crippen molar-refractivity contribution in [3.8, 4) is 0 Å². The Morgan fingerprint density at radius 1 is 1.41 bits per heavy atom. The number of carbonyl (C=O) groups is 1. The van der Waals surface area contributed by atoms with Crippen LogP contribution in [0.25, 0.3) is 0 Å². The third kappa shape index (κ3) is 4.32. The van der Waals surface area contributed by atoms with Crippen molar-refractivity contribution in [2.45, 2.75) is 19.8 Å². The van der Waals surface area contributed by atoms with Crippen LogP contribution >= 0.6 is 11.6 Å². The Hall–Kier alpha value is -1.13. The first kappa shape index (κ1) is 13.9. The van der Waals surface area contributed by atoms with Gasteiger partial charge in [0.25, 0.3) is 0 Å². The Morgan fingerprint density at radius 2 is 2.12 bits per heavy atom. The van der Waals surface area contributed by atoms with Crippen molar-refractivity contribution in [2.24, 2.45) is 0 Å². The maximum absolute atomic E-state index is 11.7. The molecule has 0 aliphatic heterocycles. The maximum Gasteiger partial charge on any atom is 0.338 e. The highest BCUT2D eigenvalue weighted by Crippen LogP contribution is 2.18.